The fourth-order valence-electron chi connectivity index (χ4n) is 6.55. The van der Waals surface area contributed by atoms with Crippen molar-refractivity contribution < 1.29 is 9.53 Å². The Bertz CT molecular complexity index is 1440. The van der Waals surface area contributed by atoms with Crippen LogP contribution in [0.1, 0.15) is 102 Å². The van der Waals surface area contributed by atoms with Crippen molar-refractivity contribution in [3.8, 4) is 0 Å². The Kier molecular flexibility index (Phi) is 11.4. The number of hydrogen-bond donors (Lipinski definition) is 0. The monoisotopic (exact) mass is 622 g/mol. The summed E-state index contributed by atoms with van der Waals surface area (Å²) in [7, 11) is 8.14. The number of fused-ring (bicyclic) bond motifs is 1. The lowest BCUT2D eigenvalue weighted by Crippen LogP contribution is -2.29. The highest BCUT2D eigenvalue weighted by Crippen LogP contribution is 2.47. The number of ether oxygens (including phenoxy) is 1. The number of thiophene rings is 1. The molecule has 1 aromatic heterocycles. The van der Waals surface area contributed by atoms with Crippen LogP contribution in [0.5, 0.6) is 0 Å². The first-order valence-electron chi connectivity index (χ1n) is 16.8. The molecule has 1 aliphatic heterocycles. The van der Waals surface area contributed by atoms with Gasteiger partial charge in [-0.25, -0.2) is 4.79 Å². The summed E-state index contributed by atoms with van der Waals surface area (Å²) in [6, 6.07) is 27.6. The Morgan fingerprint density at radius 1 is 0.622 bits per heavy atom. The average molecular weight is 623 g/mol. The molecular formula is C40H50N2O2S. The third-order valence-corrected chi connectivity index (χ3v) is 10.2. The van der Waals surface area contributed by atoms with Crippen LogP contribution in [-0.2, 0) is 23.2 Å². The third-order valence-electron chi connectivity index (χ3n) is 9.23. The molecule has 0 atom stereocenters. The van der Waals surface area contributed by atoms with Gasteiger partial charge in [0.25, 0.3) is 0 Å². The van der Waals surface area contributed by atoms with Crippen molar-refractivity contribution in [2.75, 3.05) is 38.0 Å². The molecule has 0 amide bonds. The van der Waals surface area contributed by atoms with Gasteiger partial charge in [0.1, 0.15) is 0 Å². The zero-order valence-electron chi connectivity index (χ0n) is 27.7. The van der Waals surface area contributed by atoms with Crippen LogP contribution in [0.15, 0.2) is 84.2 Å². The molecule has 0 N–H and O–H groups in total. The Balaban J connectivity index is 1.16. The highest BCUT2D eigenvalue weighted by molar-refractivity contribution is 7.09. The van der Waals surface area contributed by atoms with Crippen LogP contribution in [0.3, 0.4) is 0 Å². The number of cyclic esters (lactones) is 1. The summed E-state index contributed by atoms with van der Waals surface area (Å²) in [5.41, 5.74) is 6.01. The quantitative estimate of drug-likeness (QED) is 0.0867. The molecule has 0 saturated carbocycles. The molecule has 45 heavy (non-hydrogen) atoms. The maximum atomic E-state index is 13.5. The smallest absolute Gasteiger partial charge is 0.340 e. The number of carbonyl (C=O) groups is 1. The Morgan fingerprint density at radius 3 is 1.62 bits per heavy atom. The number of nitrogens with zero attached hydrogens (tertiary/aromatic N) is 2. The van der Waals surface area contributed by atoms with Crippen LogP contribution in [0, 0.1) is 0 Å². The zero-order valence-corrected chi connectivity index (χ0v) is 28.5. The van der Waals surface area contributed by atoms with E-state index in [0.29, 0.717) is 5.56 Å². The van der Waals surface area contributed by atoms with Crippen LogP contribution in [-0.4, -0.2) is 34.2 Å². The zero-order chi connectivity index (χ0) is 31.6. The maximum Gasteiger partial charge on any atom is 0.340 e. The van der Waals surface area contributed by atoms with Gasteiger partial charge in [0.15, 0.2) is 5.60 Å². The minimum Gasteiger partial charge on any atom is -0.441 e. The Hall–Kier alpha value is -3.57. The van der Waals surface area contributed by atoms with Crippen LogP contribution < -0.4 is 9.80 Å². The van der Waals surface area contributed by atoms with Gasteiger partial charge in [0, 0.05) is 61.1 Å². The number of rotatable bonds is 17. The molecular weight excluding hydrogens is 573 g/mol. The van der Waals surface area contributed by atoms with Crippen molar-refractivity contribution in [1.82, 2.24) is 0 Å². The van der Waals surface area contributed by atoms with E-state index in [1.54, 1.807) is 0 Å². The summed E-state index contributed by atoms with van der Waals surface area (Å²) >= 11 is 1.89. The third kappa shape index (κ3) is 7.99. The number of aryl methyl sites for hydroxylation is 2. The predicted molar refractivity (Wildman–Crippen MR) is 191 cm³/mol. The van der Waals surface area contributed by atoms with E-state index in [1.165, 1.54) is 74.6 Å². The lowest BCUT2D eigenvalue weighted by Gasteiger charge is -2.31. The first-order valence-corrected chi connectivity index (χ1v) is 17.7. The molecule has 0 unspecified atom stereocenters. The van der Waals surface area contributed by atoms with E-state index in [2.05, 4.69) is 94.0 Å². The largest absolute Gasteiger partial charge is 0.441 e. The fourth-order valence-corrected chi connectivity index (χ4v) is 7.30. The molecule has 5 rings (SSSR count). The molecule has 0 saturated heterocycles. The number of hydrogen-bond acceptors (Lipinski definition) is 5. The lowest BCUT2D eigenvalue weighted by atomic mass is 9.79. The standard InChI is InChI=1S/C40H50N2O2S/c1-41(2)34-24-20-32(21-25-34)40(33-22-26-35(27-23-33)42(3)4)38-28-19-31(30-37(38)39(43)44-40)16-13-11-9-7-5-6-8-10-12-14-17-36-18-15-29-45-36/h15,18-30H,5-14,16-17H2,1-4H3. The molecule has 2 heterocycles. The summed E-state index contributed by atoms with van der Waals surface area (Å²) in [5.74, 6) is -0.244. The van der Waals surface area contributed by atoms with Crippen molar-refractivity contribution in [3.05, 3.63) is 117 Å². The molecule has 4 nitrogen and oxygen atoms in total. The molecule has 238 valence electrons. The normalized spacial score (nSPS) is 13.5. The van der Waals surface area contributed by atoms with Crippen molar-refractivity contribution in [2.24, 2.45) is 0 Å². The van der Waals surface area contributed by atoms with Crippen LogP contribution in [0.2, 0.25) is 0 Å². The van der Waals surface area contributed by atoms with Gasteiger partial charge in [-0.1, -0.05) is 93.8 Å². The second-order valence-corrected chi connectivity index (χ2v) is 14.0. The summed E-state index contributed by atoms with van der Waals surface area (Å²) in [4.78, 5) is 19.2. The van der Waals surface area contributed by atoms with E-state index in [-0.39, 0.29) is 5.97 Å². The van der Waals surface area contributed by atoms with Crippen molar-refractivity contribution in [1.29, 1.82) is 0 Å². The molecule has 0 bridgehead atoms. The minimum atomic E-state index is -0.968. The van der Waals surface area contributed by atoms with E-state index in [4.69, 9.17) is 4.74 Å². The SMILES string of the molecule is CN(C)c1ccc(C2(c3ccc(N(C)C)cc3)OC(=O)c3cc(CCCCCCCCCCCCc4cccs4)ccc32)cc1. The summed E-state index contributed by atoms with van der Waals surface area (Å²) in [6.07, 6.45) is 15.4. The summed E-state index contributed by atoms with van der Waals surface area (Å²) in [5, 5.41) is 2.18. The topological polar surface area (TPSA) is 32.8 Å². The van der Waals surface area contributed by atoms with E-state index < -0.39 is 5.60 Å². The van der Waals surface area contributed by atoms with Crippen LogP contribution in [0.25, 0.3) is 0 Å². The number of unbranched alkanes of at least 4 members (excludes halogenated alkanes) is 9. The van der Waals surface area contributed by atoms with Gasteiger partial charge in [0.2, 0.25) is 0 Å². The fraction of sp³-hybridized carbons (Fsp3) is 0.425. The molecule has 0 aliphatic carbocycles. The summed E-state index contributed by atoms with van der Waals surface area (Å²) in [6.45, 7) is 0. The molecule has 5 heteroatoms. The van der Waals surface area contributed by atoms with Crippen LogP contribution in [0.4, 0.5) is 11.4 Å². The van der Waals surface area contributed by atoms with Gasteiger partial charge in [-0.2, -0.15) is 0 Å². The molecule has 1 aliphatic rings. The number of esters is 1. The number of carbonyl (C=O) groups excluding carboxylic acids is 1. The molecule has 0 fully saturated rings. The van der Waals surface area contributed by atoms with Gasteiger partial charge in [0.05, 0.1) is 5.56 Å². The second-order valence-electron chi connectivity index (χ2n) is 12.9. The molecule has 3 aromatic carbocycles. The van der Waals surface area contributed by atoms with Gasteiger partial charge in [-0.3, -0.25) is 0 Å². The van der Waals surface area contributed by atoms with Gasteiger partial charge < -0.3 is 14.5 Å². The summed E-state index contributed by atoms with van der Waals surface area (Å²) < 4.78 is 6.41. The second kappa shape index (κ2) is 15.6. The Morgan fingerprint density at radius 2 is 1.13 bits per heavy atom. The van der Waals surface area contributed by atoms with Gasteiger partial charge in [-0.05, 0) is 73.0 Å². The van der Waals surface area contributed by atoms with E-state index in [0.717, 1.165) is 40.9 Å². The van der Waals surface area contributed by atoms with E-state index in [1.807, 2.05) is 39.5 Å². The Labute approximate surface area is 275 Å². The van der Waals surface area contributed by atoms with Crippen molar-refractivity contribution in [2.45, 2.75) is 82.7 Å². The van der Waals surface area contributed by atoms with E-state index in [9.17, 15) is 4.79 Å². The maximum absolute atomic E-state index is 13.5. The van der Waals surface area contributed by atoms with Crippen molar-refractivity contribution >= 4 is 28.7 Å². The lowest BCUT2D eigenvalue weighted by molar-refractivity contribution is 0.0251. The highest BCUT2D eigenvalue weighted by Gasteiger charge is 2.48. The van der Waals surface area contributed by atoms with E-state index >= 15 is 0 Å². The minimum absolute atomic E-state index is 0.244. The number of anilines is 2. The average Bonchev–Trinajstić information content (AvgIpc) is 3.68. The molecule has 0 spiro atoms. The molecule has 0 radical (unpaired) electrons. The van der Waals surface area contributed by atoms with Crippen molar-refractivity contribution in [3.63, 3.8) is 0 Å². The first kappa shape index (κ1) is 32.8. The predicted octanol–water partition coefficient (Wildman–Crippen LogP) is 10.0. The first-order chi connectivity index (χ1) is 21.9. The van der Waals surface area contributed by atoms with Crippen LogP contribution >= 0.6 is 11.3 Å². The number of benzene rings is 3. The van der Waals surface area contributed by atoms with Gasteiger partial charge in [-0.15, -0.1) is 11.3 Å². The molecule has 4 aromatic rings. The highest BCUT2D eigenvalue weighted by atomic mass is 32.1. The van der Waals surface area contributed by atoms with Gasteiger partial charge >= 0.3 is 5.97 Å².